The molecule has 2 aromatic carbocycles. The fourth-order valence-electron chi connectivity index (χ4n) is 2.46. The Balaban J connectivity index is 1.60. The van der Waals surface area contributed by atoms with E-state index in [2.05, 4.69) is 9.71 Å². The van der Waals surface area contributed by atoms with Gasteiger partial charge in [0.25, 0.3) is 10.0 Å². The summed E-state index contributed by atoms with van der Waals surface area (Å²) in [5.74, 6) is 0.797. The van der Waals surface area contributed by atoms with E-state index in [1.54, 1.807) is 48.1 Å². The van der Waals surface area contributed by atoms with Gasteiger partial charge in [-0.1, -0.05) is 6.07 Å². The second-order valence-corrected chi connectivity index (χ2v) is 9.36. The highest BCUT2D eigenvalue weighted by Crippen LogP contribution is 2.33. The Morgan fingerprint density at radius 1 is 1.08 bits per heavy atom. The molecule has 0 spiro atoms. The highest BCUT2D eigenvalue weighted by Gasteiger charge is 2.15. The molecule has 5 nitrogen and oxygen atoms in total. The smallest absolute Gasteiger partial charge is 0.271 e. The fraction of sp³-hybridized carbons (Fsp3) is 0.0556. The van der Waals surface area contributed by atoms with Gasteiger partial charge in [0.05, 0.1) is 17.3 Å². The predicted molar refractivity (Wildman–Crippen MR) is 107 cm³/mol. The van der Waals surface area contributed by atoms with Crippen molar-refractivity contribution in [1.29, 1.82) is 0 Å². The van der Waals surface area contributed by atoms with E-state index >= 15 is 0 Å². The van der Waals surface area contributed by atoms with Crippen molar-refractivity contribution in [3.8, 4) is 16.3 Å². The number of ether oxygens (including phenoxy) is 1. The molecule has 0 aliphatic rings. The Kier molecular flexibility index (Phi) is 4.39. The molecule has 0 aliphatic heterocycles. The number of benzene rings is 2. The van der Waals surface area contributed by atoms with Crippen LogP contribution in [0, 0.1) is 0 Å². The number of nitrogens with zero attached hydrogens (tertiary/aromatic N) is 1. The Morgan fingerprint density at radius 2 is 1.88 bits per heavy atom. The van der Waals surface area contributed by atoms with Gasteiger partial charge in [0, 0.05) is 11.3 Å². The van der Waals surface area contributed by atoms with Crippen LogP contribution >= 0.6 is 22.7 Å². The first-order valence-corrected chi connectivity index (χ1v) is 10.8. The molecule has 132 valence electrons. The molecule has 0 amide bonds. The maximum Gasteiger partial charge on any atom is 0.271 e. The third-order valence-electron chi connectivity index (χ3n) is 3.74. The van der Waals surface area contributed by atoms with Gasteiger partial charge < -0.3 is 4.74 Å². The van der Waals surface area contributed by atoms with Crippen molar-refractivity contribution < 1.29 is 13.2 Å². The molecule has 0 saturated heterocycles. The fourth-order valence-corrected chi connectivity index (χ4v) is 5.51. The van der Waals surface area contributed by atoms with Crippen molar-refractivity contribution in [3.05, 3.63) is 60.0 Å². The van der Waals surface area contributed by atoms with Crippen molar-refractivity contribution in [2.24, 2.45) is 0 Å². The highest BCUT2D eigenvalue weighted by atomic mass is 32.2. The Labute approximate surface area is 159 Å². The normalized spacial score (nSPS) is 11.6. The molecule has 4 rings (SSSR count). The zero-order chi connectivity index (χ0) is 18.1. The lowest BCUT2D eigenvalue weighted by Gasteiger charge is -2.06. The molecule has 4 aromatic rings. The van der Waals surface area contributed by atoms with Crippen molar-refractivity contribution in [1.82, 2.24) is 4.98 Å². The summed E-state index contributed by atoms with van der Waals surface area (Å²) in [5, 5.41) is 2.61. The van der Waals surface area contributed by atoms with E-state index in [1.165, 1.54) is 11.3 Å². The van der Waals surface area contributed by atoms with Gasteiger partial charge >= 0.3 is 0 Å². The van der Waals surface area contributed by atoms with Crippen molar-refractivity contribution >= 4 is 48.6 Å². The average Bonchev–Trinajstić information content (AvgIpc) is 3.31. The van der Waals surface area contributed by atoms with Gasteiger partial charge in [-0.05, 0) is 53.9 Å². The number of hydrogen-bond donors (Lipinski definition) is 1. The number of fused-ring (bicyclic) bond motifs is 1. The summed E-state index contributed by atoms with van der Waals surface area (Å²) >= 11 is 2.75. The lowest BCUT2D eigenvalue weighted by atomic mass is 10.2. The largest absolute Gasteiger partial charge is 0.497 e. The monoisotopic (exact) mass is 402 g/mol. The summed E-state index contributed by atoms with van der Waals surface area (Å²) in [4.78, 5) is 4.63. The first-order chi connectivity index (χ1) is 12.5. The number of aromatic nitrogens is 1. The zero-order valence-electron chi connectivity index (χ0n) is 13.7. The van der Waals surface area contributed by atoms with Crippen LogP contribution < -0.4 is 9.46 Å². The molecule has 26 heavy (non-hydrogen) atoms. The molecule has 0 saturated carbocycles. The van der Waals surface area contributed by atoms with Gasteiger partial charge in [-0.2, -0.15) is 0 Å². The van der Waals surface area contributed by atoms with Crippen LogP contribution in [-0.2, 0) is 10.0 Å². The number of methoxy groups -OCH3 is 1. The second kappa shape index (κ2) is 6.71. The first kappa shape index (κ1) is 17.0. The van der Waals surface area contributed by atoms with Crippen molar-refractivity contribution in [2.45, 2.75) is 4.21 Å². The number of thiazole rings is 1. The summed E-state index contributed by atoms with van der Waals surface area (Å²) in [5.41, 5.74) is 2.36. The number of rotatable bonds is 5. The van der Waals surface area contributed by atoms with Gasteiger partial charge in [-0.25, -0.2) is 13.4 Å². The van der Waals surface area contributed by atoms with Crippen LogP contribution in [0.25, 0.3) is 20.8 Å². The lowest BCUT2D eigenvalue weighted by molar-refractivity contribution is 0.415. The number of nitrogens with one attached hydrogen (secondary N) is 1. The van der Waals surface area contributed by atoms with Gasteiger partial charge in [0.15, 0.2) is 0 Å². The van der Waals surface area contributed by atoms with Gasteiger partial charge in [0.1, 0.15) is 15.0 Å². The molecule has 0 bridgehead atoms. The molecule has 0 aliphatic carbocycles. The molecule has 2 heterocycles. The number of hydrogen-bond acceptors (Lipinski definition) is 6. The summed E-state index contributed by atoms with van der Waals surface area (Å²) in [6.07, 6.45) is 0. The number of thiophene rings is 1. The molecular weight excluding hydrogens is 388 g/mol. The van der Waals surface area contributed by atoms with E-state index in [0.717, 1.165) is 26.5 Å². The van der Waals surface area contributed by atoms with E-state index in [0.29, 0.717) is 9.90 Å². The van der Waals surface area contributed by atoms with Crippen molar-refractivity contribution in [3.63, 3.8) is 0 Å². The Morgan fingerprint density at radius 3 is 2.58 bits per heavy atom. The van der Waals surface area contributed by atoms with E-state index < -0.39 is 10.0 Å². The summed E-state index contributed by atoms with van der Waals surface area (Å²) < 4.78 is 33.7. The zero-order valence-corrected chi connectivity index (χ0v) is 16.1. The molecule has 0 fully saturated rings. The maximum atomic E-state index is 12.3. The van der Waals surface area contributed by atoms with E-state index in [1.807, 2.05) is 30.3 Å². The minimum atomic E-state index is -3.53. The van der Waals surface area contributed by atoms with Crippen LogP contribution in [0.5, 0.6) is 5.75 Å². The van der Waals surface area contributed by atoms with Crippen LogP contribution in [0.4, 0.5) is 5.69 Å². The lowest BCUT2D eigenvalue weighted by Crippen LogP contribution is -2.11. The van der Waals surface area contributed by atoms with E-state index in [9.17, 15) is 8.42 Å². The summed E-state index contributed by atoms with van der Waals surface area (Å²) in [6.45, 7) is 0. The van der Waals surface area contributed by atoms with Crippen molar-refractivity contribution in [2.75, 3.05) is 11.8 Å². The first-order valence-electron chi connectivity index (χ1n) is 7.66. The summed E-state index contributed by atoms with van der Waals surface area (Å²) in [6, 6.07) is 16.3. The van der Waals surface area contributed by atoms with Gasteiger partial charge in [-0.15, -0.1) is 22.7 Å². The number of anilines is 1. The van der Waals surface area contributed by atoms with Crippen LogP contribution in [0.2, 0.25) is 0 Å². The third kappa shape index (κ3) is 3.31. The minimum Gasteiger partial charge on any atom is -0.497 e. The topological polar surface area (TPSA) is 68.3 Å². The standard InChI is InChI=1S/C18H14N2O3S3/c1-23-14-8-9-15-16(11-14)25-18(19-15)12-4-6-13(7-5-12)20-26(21,22)17-3-2-10-24-17/h2-11,20H,1H3. The third-order valence-corrected chi connectivity index (χ3v) is 7.59. The minimum absolute atomic E-state index is 0.293. The molecule has 0 unspecified atom stereocenters. The molecule has 2 aromatic heterocycles. The molecule has 0 atom stereocenters. The predicted octanol–water partition coefficient (Wildman–Crippen LogP) is 4.83. The quantitative estimate of drug-likeness (QED) is 0.519. The van der Waals surface area contributed by atoms with E-state index in [4.69, 9.17) is 4.74 Å². The molecule has 1 N–H and O–H groups in total. The second-order valence-electron chi connectivity index (χ2n) is 5.47. The number of sulfonamides is 1. The SMILES string of the molecule is COc1ccc2nc(-c3ccc(NS(=O)(=O)c4cccs4)cc3)sc2c1. The molecule has 0 radical (unpaired) electrons. The maximum absolute atomic E-state index is 12.3. The highest BCUT2D eigenvalue weighted by molar-refractivity contribution is 7.94. The van der Waals surface area contributed by atoms with Gasteiger partial charge in [-0.3, -0.25) is 4.72 Å². The van der Waals surface area contributed by atoms with Gasteiger partial charge in [0.2, 0.25) is 0 Å². The van der Waals surface area contributed by atoms with Crippen LogP contribution in [0.3, 0.4) is 0 Å². The Bertz CT molecular complexity index is 1150. The average molecular weight is 403 g/mol. The van der Waals surface area contributed by atoms with Crippen LogP contribution in [0.1, 0.15) is 0 Å². The van der Waals surface area contributed by atoms with Crippen LogP contribution in [-0.4, -0.2) is 20.5 Å². The van der Waals surface area contributed by atoms with Crippen LogP contribution in [0.15, 0.2) is 64.2 Å². The Hall–Kier alpha value is -2.42. The summed E-state index contributed by atoms with van der Waals surface area (Å²) in [7, 11) is -1.90. The van der Waals surface area contributed by atoms with E-state index in [-0.39, 0.29) is 0 Å². The molecule has 8 heteroatoms. The molecular formula is C18H14N2O3S3.